The second kappa shape index (κ2) is 6.62. The van der Waals surface area contributed by atoms with Crippen LogP contribution in [0.4, 0.5) is 0 Å². The summed E-state index contributed by atoms with van der Waals surface area (Å²) in [7, 11) is -3.66. The fourth-order valence-corrected chi connectivity index (χ4v) is 4.78. The van der Waals surface area contributed by atoms with E-state index in [0.717, 1.165) is 5.56 Å². The van der Waals surface area contributed by atoms with Crippen LogP contribution in [0.3, 0.4) is 0 Å². The van der Waals surface area contributed by atoms with Gasteiger partial charge in [-0.25, -0.2) is 8.42 Å². The molecule has 1 aromatic carbocycles. The largest absolute Gasteiger partial charge is 0.486 e. The number of hydrogen-bond acceptors (Lipinski definition) is 6. The minimum atomic E-state index is -3.66. The zero-order chi connectivity index (χ0) is 17.3. The van der Waals surface area contributed by atoms with Gasteiger partial charge in [0, 0.05) is 38.1 Å². The van der Waals surface area contributed by atoms with Gasteiger partial charge >= 0.3 is 0 Å². The predicted octanol–water partition coefficient (Wildman–Crippen LogP) is 1.19. The molecule has 4 rings (SSSR count). The van der Waals surface area contributed by atoms with Crippen molar-refractivity contribution in [3.8, 4) is 11.5 Å². The summed E-state index contributed by atoms with van der Waals surface area (Å²) in [4.78, 5) is 4.34. The monoisotopic (exact) mass is 361 g/mol. The van der Waals surface area contributed by atoms with Gasteiger partial charge in [0.15, 0.2) is 11.5 Å². The van der Waals surface area contributed by atoms with E-state index in [1.807, 2.05) is 12.1 Å². The third-order valence-corrected chi connectivity index (χ3v) is 6.29. The number of aromatic nitrogens is 1. The third kappa shape index (κ3) is 3.08. The SMILES string of the molecule is O=S(=O)(c1ccc2c(c1)OCCO2)N1CCNCC1c1cccnc1. The number of rotatable bonds is 3. The summed E-state index contributed by atoms with van der Waals surface area (Å²) in [6, 6.07) is 8.20. The number of benzene rings is 1. The molecule has 1 fully saturated rings. The van der Waals surface area contributed by atoms with Crippen molar-refractivity contribution in [1.82, 2.24) is 14.6 Å². The maximum atomic E-state index is 13.2. The molecule has 25 heavy (non-hydrogen) atoms. The Hall–Kier alpha value is -2.16. The van der Waals surface area contributed by atoms with Crippen molar-refractivity contribution in [2.24, 2.45) is 0 Å². The normalized spacial score (nSPS) is 21.0. The highest BCUT2D eigenvalue weighted by Crippen LogP contribution is 2.35. The van der Waals surface area contributed by atoms with Crippen molar-refractivity contribution in [3.05, 3.63) is 48.3 Å². The third-order valence-electron chi connectivity index (χ3n) is 4.38. The molecule has 0 saturated carbocycles. The lowest BCUT2D eigenvalue weighted by molar-refractivity contribution is 0.171. The van der Waals surface area contributed by atoms with Crippen LogP contribution in [0.1, 0.15) is 11.6 Å². The Kier molecular flexibility index (Phi) is 4.32. The lowest BCUT2D eigenvalue weighted by atomic mass is 10.1. The zero-order valence-corrected chi connectivity index (χ0v) is 14.4. The fourth-order valence-electron chi connectivity index (χ4n) is 3.15. The van der Waals surface area contributed by atoms with Crippen LogP contribution in [0.5, 0.6) is 11.5 Å². The van der Waals surface area contributed by atoms with Gasteiger partial charge in [-0.3, -0.25) is 4.98 Å². The van der Waals surface area contributed by atoms with E-state index >= 15 is 0 Å². The molecule has 0 radical (unpaired) electrons. The molecule has 1 N–H and O–H groups in total. The van der Waals surface area contributed by atoms with Crippen LogP contribution in [0.15, 0.2) is 47.6 Å². The number of hydrogen-bond donors (Lipinski definition) is 1. The standard InChI is InChI=1S/C17H19N3O4S/c21-25(22,14-3-4-16-17(10-14)24-9-8-23-16)20-7-6-19-12-15(20)13-2-1-5-18-11-13/h1-5,10-11,15,19H,6-9,12H2. The van der Waals surface area contributed by atoms with Crippen molar-refractivity contribution in [2.75, 3.05) is 32.8 Å². The van der Waals surface area contributed by atoms with Gasteiger partial charge in [0.05, 0.1) is 10.9 Å². The minimum Gasteiger partial charge on any atom is -0.486 e. The highest BCUT2D eigenvalue weighted by atomic mass is 32.2. The van der Waals surface area contributed by atoms with E-state index in [0.29, 0.717) is 44.3 Å². The van der Waals surface area contributed by atoms with Crippen LogP contribution in [0.2, 0.25) is 0 Å². The van der Waals surface area contributed by atoms with Gasteiger partial charge in [0.2, 0.25) is 10.0 Å². The van der Waals surface area contributed by atoms with Crippen molar-refractivity contribution in [1.29, 1.82) is 0 Å². The van der Waals surface area contributed by atoms with Crippen LogP contribution in [0, 0.1) is 0 Å². The molecule has 0 aliphatic carbocycles. The molecule has 132 valence electrons. The van der Waals surface area contributed by atoms with Gasteiger partial charge in [-0.15, -0.1) is 0 Å². The smallest absolute Gasteiger partial charge is 0.243 e. The zero-order valence-electron chi connectivity index (χ0n) is 13.6. The van der Waals surface area contributed by atoms with Gasteiger partial charge in [0.1, 0.15) is 13.2 Å². The molecule has 0 bridgehead atoms. The molecule has 0 amide bonds. The number of fused-ring (bicyclic) bond motifs is 1. The molecule has 2 aliphatic heterocycles. The predicted molar refractivity (Wildman–Crippen MR) is 91.2 cm³/mol. The summed E-state index contributed by atoms with van der Waals surface area (Å²) in [5, 5.41) is 3.26. The van der Waals surface area contributed by atoms with Crippen molar-refractivity contribution < 1.29 is 17.9 Å². The number of nitrogens with one attached hydrogen (secondary N) is 1. The Morgan fingerprint density at radius 1 is 1.16 bits per heavy atom. The first-order valence-electron chi connectivity index (χ1n) is 8.18. The molecule has 0 spiro atoms. The molecule has 8 heteroatoms. The second-order valence-corrected chi connectivity index (χ2v) is 7.82. The van der Waals surface area contributed by atoms with Gasteiger partial charge in [0.25, 0.3) is 0 Å². The first kappa shape index (κ1) is 16.3. The van der Waals surface area contributed by atoms with Gasteiger partial charge < -0.3 is 14.8 Å². The summed E-state index contributed by atoms with van der Waals surface area (Å²) < 4.78 is 39.0. The van der Waals surface area contributed by atoms with Crippen LogP contribution in [-0.2, 0) is 10.0 Å². The lowest BCUT2D eigenvalue weighted by Crippen LogP contribution is -2.48. The molecule has 1 atom stereocenters. The molecule has 1 aromatic heterocycles. The summed E-state index contributed by atoms with van der Waals surface area (Å²) in [5.74, 6) is 1.05. The molecule has 7 nitrogen and oxygen atoms in total. The highest BCUT2D eigenvalue weighted by Gasteiger charge is 2.35. The Morgan fingerprint density at radius 3 is 2.80 bits per heavy atom. The number of ether oxygens (including phenoxy) is 2. The first-order chi connectivity index (χ1) is 12.2. The summed E-state index contributed by atoms with van der Waals surface area (Å²) in [5.41, 5.74) is 0.871. The average Bonchev–Trinajstić information content (AvgIpc) is 2.68. The van der Waals surface area contributed by atoms with Gasteiger partial charge in [-0.1, -0.05) is 6.07 Å². The Bertz CT molecular complexity index is 857. The minimum absolute atomic E-state index is 0.215. The Labute approximate surface area is 146 Å². The fraction of sp³-hybridized carbons (Fsp3) is 0.353. The molecular formula is C17H19N3O4S. The first-order valence-corrected chi connectivity index (χ1v) is 9.62. The van der Waals surface area contributed by atoms with Crippen LogP contribution >= 0.6 is 0 Å². The topological polar surface area (TPSA) is 80.8 Å². The van der Waals surface area contributed by atoms with E-state index in [-0.39, 0.29) is 10.9 Å². The highest BCUT2D eigenvalue weighted by molar-refractivity contribution is 7.89. The van der Waals surface area contributed by atoms with E-state index in [2.05, 4.69) is 10.3 Å². The summed E-state index contributed by atoms with van der Waals surface area (Å²) in [6.07, 6.45) is 3.39. The maximum absolute atomic E-state index is 13.2. The summed E-state index contributed by atoms with van der Waals surface area (Å²) in [6.45, 7) is 2.45. The average molecular weight is 361 g/mol. The number of nitrogens with zero attached hydrogens (tertiary/aromatic N) is 2. The number of pyridine rings is 1. The number of sulfonamides is 1. The summed E-state index contributed by atoms with van der Waals surface area (Å²) >= 11 is 0. The van der Waals surface area contributed by atoms with Crippen LogP contribution < -0.4 is 14.8 Å². The molecular weight excluding hydrogens is 342 g/mol. The van der Waals surface area contributed by atoms with E-state index in [1.54, 1.807) is 30.6 Å². The van der Waals surface area contributed by atoms with E-state index in [9.17, 15) is 8.42 Å². The molecule has 1 unspecified atom stereocenters. The van der Waals surface area contributed by atoms with E-state index in [1.165, 1.54) is 4.31 Å². The molecule has 2 aromatic rings. The van der Waals surface area contributed by atoms with E-state index in [4.69, 9.17) is 9.47 Å². The van der Waals surface area contributed by atoms with Crippen molar-refractivity contribution in [2.45, 2.75) is 10.9 Å². The van der Waals surface area contributed by atoms with Gasteiger partial charge in [-0.2, -0.15) is 4.31 Å². The lowest BCUT2D eigenvalue weighted by Gasteiger charge is -2.35. The van der Waals surface area contributed by atoms with Gasteiger partial charge in [-0.05, 0) is 23.8 Å². The number of piperazine rings is 1. The van der Waals surface area contributed by atoms with Crippen molar-refractivity contribution in [3.63, 3.8) is 0 Å². The quantitative estimate of drug-likeness (QED) is 0.884. The second-order valence-electron chi connectivity index (χ2n) is 5.93. The van der Waals surface area contributed by atoms with Crippen molar-refractivity contribution >= 4 is 10.0 Å². The van der Waals surface area contributed by atoms with E-state index < -0.39 is 10.0 Å². The van der Waals surface area contributed by atoms with Crippen LogP contribution in [-0.4, -0.2) is 50.6 Å². The molecule has 3 heterocycles. The van der Waals surface area contributed by atoms with Crippen LogP contribution in [0.25, 0.3) is 0 Å². The molecule has 1 saturated heterocycles. The Balaban J connectivity index is 1.70. The molecule has 2 aliphatic rings. The Morgan fingerprint density at radius 2 is 2.00 bits per heavy atom. The maximum Gasteiger partial charge on any atom is 0.243 e.